The first-order valence-electron chi connectivity index (χ1n) is 7.72. The Kier molecular flexibility index (Phi) is 4.73. The quantitative estimate of drug-likeness (QED) is 0.818. The van der Waals surface area contributed by atoms with E-state index in [0.29, 0.717) is 12.1 Å². The summed E-state index contributed by atoms with van der Waals surface area (Å²) in [4.78, 5) is 37.6. The van der Waals surface area contributed by atoms with E-state index >= 15 is 0 Å². The van der Waals surface area contributed by atoms with Gasteiger partial charge in [0.25, 0.3) is 5.91 Å². The number of urea groups is 1. The van der Waals surface area contributed by atoms with Crippen LogP contribution in [-0.2, 0) is 9.59 Å². The minimum atomic E-state index is -0.935. The highest BCUT2D eigenvalue weighted by molar-refractivity contribution is 6.09. The lowest BCUT2D eigenvalue weighted by Crippen LogP contribution is -2.45. The van der Waals surface area contributed by atoms with Gasteiger partial charge < -0.3 is 10.6 Å². The summed E-state index contributed by atoms with van der Waals surface area (Å²) in [5.74, 6) is -0.494. The number of carbonyl (C=O) groups excluding carboxylic acids is 3. The molecule has 0 spiro atoms. The Balaban J connectivity index is 2.02. The largest absolute Gasteiger partial charge is 0.325 e. The van der Waals surface area contributed by atoms with E-state index in [2.05, 4.69) is 10.6 Å². The summed E-state index contributed by atoms with van der Waals surface area (Å²) in [5, 5.41) is 5.39. The Morgan fingerprint density at radius 3 is 2.43 bits per heavy atom. The van der Waals surface area contributed by atoms with E-state index in [4.69, 9.17) is 0 Å². The molecular formula is C17H23N3O3. The predicted octanol–water partition coefficient (Wildman–Crippen LogP) is 2.29. The number of nitrogens with one attached hydrogen (secondary N) is 2. The topological polar surface area (TPSA) is 78.5 Å². The first-order chi connectivity index (χ1) is 10.7. The molecule has 0 aromatic heterocycles. The summed E-state index contributed by atoms with van der Waals surface area (Å²) in [6.45, 7) is 7.33. The maximum absolute atomic E-state index is 12.5. The number of nitrogens with zero attached hydrogens (tertiary/aromatic N) is 1. The maximum Gasteiger partial charge on any atom is 0.325 e. The smallest absolute Gasteiger partial charge is 0.325 e. The molecule has 1 aliphatic rings. The molecule has 6 nitrogen and oxygen atoms in total. The Bertz CT molecular complexity index is 624. The summed E-state index contributed by atoms with van der Waals surface area (Å²) in [6, 6.07) is 6.80. The molecule has 2 rings (SSSR count). The summed E-state index contributed by atoms with van der Waals surface area (Å²) < 4.78 is 0. The highest BCUT2D eigenvalue weighted by Gasteiger charge is 2.48. The fourth-order valence-corrected chi connectivity index (χ4v) is 2.83. The molecule has 0 saturated carbocycles. The van der Waals surface area contributed by atoms with Crippen LogP contribution in [0.5, 0.6) is 0 Å². The van der Waals surface area contributed by atoms with Crippen molar-refractivity contribution in [3.8, 4) is 0 Å². The molecule has 1 aromatic carbocycles. The highest BCUT2D eigenvalue weighted by atomic mass is 16.2. The van der Waals surface area contributed by atoms with Crippen molar-refractivity contribution in [2.24, 2.45) is 5.92 Å². The van der Waals surface area contributed by atoms with Gasteiger partial charge in [0, 0.05) is 5.69 Å². The van der Waals surface area contributed by atoms with Crippen LogP contribution < -0.4 is 10.6 Å². The van der Waals surface area contributed by atoms with Crippen LogP contribution in [0, 0.1) is 12.8 Å². The van der Waals surface area contributed by atoms with Gasteiger partial charge in [0.2, 0.25) is 5.91 Å². The molecule has 1 saturated heterocycles. The fraction of sp³-hybridized carbons (Fsp3) is 0.471. The minimum Gasteiger partial charge on any atom is -0.325 e. The van der Waals surface area contributed by atoms with Gasteiger partial charge >= 0.3 is 6.03 Å². The molecule has 6 heteroatoms. The Labute approximate surface area is 136 Å². The third-order valence-corrected chi connectivity index (χ3v) is 3.80. The molecule has 4 amide bonds. The van der Waals surface area contributed by atoms with Crippen molar-refractivity contribution in [2.45, 2.75) is 39.7 Å². The van der Waals surface area contributed by atoms with Crippen LogP contribution in [-0.4, -0.2) is 34.8 Å². The summed E-state index contributed by atoms with van der Waals surface area (Å²) in [7, 11) is 0. The van der Waals surface area contributed by atoms with E-state index < -0.39 is 17.5 Å². The molecule has 1 heterocycles. The number of carbonyl (C=O) groups is 3. The highest BCUT2D eigenvalue weighted by Crippen LogP contribution is 2.24. The number of hydrogen-bond acceptors (Lipinski definition) is 3. The van der Waals surface area contributed by atoms with Gasteiger partial charge in [-0.2, -0.15) is 0 Å². The van der Waals surface area contributed by atoms with E-state index in [1.54, 1.807) is 19.1 Å². The molecular weight excluding hydrogens is 294 g/mol. The van der Waals surface area contributed by atoms with Gasteiger partial charge in [-0.3, -0.25) is 14.5 Å². The summed E-state index contributed by atoms with van der Waals surface area (Å²) in [5.41, 5.74) is 0.786. The van der Waals surface area contributed by atoms with Crippen LogP contribution in [0.3, 0.4) is 0 Å². The third kappa shape index (κ3) is 3.88. The second kappa shape index (κ2) is 6.40. The van der Waals surface area contributed by atoms with Crippen LogP contribution in [0.4, 0.5) is 10.5 Å². The summed E-state index contributed by atoms with van der Waals surface area (Å²) >= 11 is 0. The normalized spacial score (nSPS) is 20.8. The number of imide groups is 1. The fourth-order valence-electron chi connectivity index (χ4n) is 2.83. The average Bonchev–Trinajstić information content (AvgIpc) is 2.64. The average molecular weight is 317 g/mol. The van der Waals surface area contributed by atoms with Crippen LogP contribution in [0.1, 0.15) is 32.8 Å². The second-order valence-electron chi connectivity index (χ2n) is 6.67. The molecule has 1 fully saturated rings. The molecule has 1 aliphatic heterocycles. The number of rotatable bonds is 5. The van der Waals surface area contributed by atoms with Gasteiger partial charge in [0.1, 0.15) is 12.1 Å². The second-order valence-corrected chi connectivity index (χ2v) is 6.67. The van der Waals surface area contributed by atoms with Gasteiger partial charge in [-0.05, 0) is 38.3 Å². The number of aryl methyl sites for hydroxylation is 1. The van der Waals surface area contributed by atoms with E-state index in [-0.39, 0.29) is 18.4 Å². The third-order valence-electron chi connectivity index (χ3n) is 3.80. The van der Waals surface area contributed by atoms with Crippen LogP contribution in [0.15, 0.2) is 24.3 Å². The molecule has 124 valence electrons. The van der Waals surface area contributed by atoms with Gasteiger partial charge in [0.05, 0.1) is 0 Å². The van der Waals surface area contributed by atoms with Crippen molar-refractivity contribution in [3.05, 3.63) is 29.8 Å². The Morgan fingerprint density at radius 2 is 1.87 bits per heavy atom. The van der Waals surface area contributed by atoms with Crippen molar-refractivity contribution >= 4 is 23.5 Å². The van der Waals surface area contributed by atoms with Crippen LogP contribution in [0.2, 0.25) is 0 Å². The van der Waals surface area contributed by atoms with E-state index in [9.17, 15) is 14.4 Å². The zero-order valence-electron chi connectivity index (χ0n) is 14.0. The molecule has 0 bridgehead atoms. The lowest BCUT2D eigenvalue weighted by molar-refractivity contribution is -0.133. The number of anilines is 1. The van der Waals surface area contributed by atoms with Crippen molar-refractivity contribution in [2.75, 3.05) is 11.9 Å². The minimum absolute atomic E-state index is 0.255. The Hall–Kier alpha value is -2.37. The summed E-state index contributed by atoms with van der Waals surface area (Å²) in [6.07, 6.45) is 0.535. The van der Waals surface area contributed by atoms with Gasteiger partial charge in [-0.1, -0.05) is 31.5 Å². The van der Waals surface area contributed by atoms with Crippen LogP contribution in [0.25, 0.3) is 0 Å². The van der Waals surface area contributed by atoms with Crippen LogP contribution >= 0.6 is 0 Å². The van der Waals surface area contributed by atoms with Crippen molar-refractivity contribution < 1.29 is 14.4 Å². The number of benzene rings is 1. The molecule has 0 aliphatic carbocycles. The van der Waals surface area contributed by atoms with E-state index in [0.717, 1.165) is 10.5 Å². The number of amides is 4. The molecule has 2 N–H and O–H groups in total. The molecule has 0 radical (unpaired) electrons. The predicted molar refractivity (Wildman–Crippen MR) is 87.9 cm³/mol. The van der Waals surface area contributed by atoms with E-state index in [1.807, 2.05) is 32.9 Å². The first-order valence-corrected chi connectivity index (χ1v) is 7.72. The van der Waals surface area contributed by atoms with Gasteiger partial charge in [0.15, 0.2) is 0 Å². The van der Waals surface area contributed by atoms with Gasteiger partial charge in [-0.25, -0.2) is 4.79 Å². The lowest BCUT2D eigenvalue weighted by Gasteiger charge is -2.23. The SMILES string of the molecule is Cc1ccc(NC(=O)CN2C(=O)N[C@@](C)(CC(C)C)C2=O)cc1. The van der Waals surface area contributed by atoms with Crippen molar-refractivity contribution in [1.82, 2.24) is 10.2 Å². The monoisotopic (exact) mass is 317 g/mol. The molecule has 1 aromatic rings. The van der Waals surface area contributed by atoms with Gasteiger partial charge in [-0.15, -0.1) is 0 Å². The first kappa shape index (κ1) is 17.0. The maximum atomic E-state index is 12.5. The Morgan fingerprint density at radius 1 is 1.26 bits per heavy atom. The van der Waals surface area contributed by atoms with E-state index in [1.165, 1.54) is 0 Å². The zero-order chi connectivity index (χ0) is 17.2. The van der Waals surface area contributed by atoms with Crippen molar-refractivity contribution in [3.63, 3.8) is 0 Å². The van der Waals surface area contributed by atoms with Crippen molar-refractivity contribution in [1.29, 1.82) is 0 Å². The molecule has 1 atom stereocenters. The molecule has 0 unspecified atom stereocenters. The standard InChI is InChI=1S/C17H23N3O3/c1-11(2)9-17(4)15(22)20(16(23)19-17)10-14(21)18-13-7-5-12(3)6-8-13/h5-8,11H,9-10H2,1-4H3,(H,18,21)(H,19,23)/t17-/m0/s1. The molecule has 23 heavy (non-hydrogen) atoms. The number of hydrogen-bond donors (Lipinski definition) is 2. The lowest BCUT2D eigenvalue weighted by atomic mass is 9.91. The zero-order valence-corrected chi connectivity index (χ0v) is 14.0.